The van der Waals surface area contributed by atoms with Gasteiger partial charge in [0.25, 0.3) is 0 Å². The molecule has 0 bridgehead atoms. The van der Waals surface area contributed by atoms with E-state index in [0.29, 0.717) is 12.3 Å². The van der Waals surface area contributed by atoms with E-state index < -0.39 is 10.0 Å². The standard InChI is InChI=1S/C18H23NO4S/c1-3-14-11-12-16(23-14)15-8-6-7-13-19(15)24(20,21)18-10-5-4-9-17(18)22-2/h4-5,9-12,15H,3,6-8,13H2,1-2H3/t15-/m0/s1. The first-order chi connectivity index (χ1) is 11.6. The minimum atomic E-state index is -3.65. The number of rotatable bonds is 5. The number of hydrogen-bond donors (Lipinski definition) is 0. The normalized spacial score (nSPS) is 19.3. The molecule has 2 heterocycles. The van der Waals surface area contributed by atoms with E-state index in [2.05, 4.69) is 0 Å². The quantitative estimate of drug-likeness (QED) is 0.824. The fourth-order valence-electron chi connectivity index (χ4n) is 3.20. The lowest BCUT2D eigenvalue weighted by molar-refractivity contribution is 0.222. The van der Waals surface area contributed by atoms with Gasteiger partial charge in [0.2, 0.25) is 10.0 Å². The van der Waals surface area contributed by atoms with Crippen LogP contribution in [0.5, 0.6) is 5.75 Å². The molecular weight excluding hydrogens is 326 g/mol. The van der Waals surface area contributed by atoms with Crippen molar-refractivity contribution < 1.29 is 17.6 Å². The SMILES string of the molecule is CCc1ccc([C@@H]2CCCCN2S(=O)(=O)c2ccccc2OC)o1. The molecule has 1 saturated heterocycles. The third kappa shape index (κ3) is 3.08. The number of benzene rings is 1. The third-order valence-corrected chi connectivity index (χ3v) is 6.42. The van der Waals surface area contributed by atoms with E-state index in [1.165, 1.54) is 7.11 Å². The molecule has 0 N–H and O–H groups in total. The number of piperidine rings is 1. The molecular formula is C18H23NO4S. The van der Waals surface area contributed by atoms with E-state index in [0.717, 1.165) is 37.2 Å². The minimum Gasteiger partial charge on any atom is -0.495 e. The molecule has 5 nitrogen and oxygen atoms in total. The number of hydrogen-bond acceptors (Lipinski definition) is 4. The highest BCUT2D eigenvalue weighted by atomic mass is 32.2. The molecule has 1 aromatic heterocycles. The van der Waals surface area contributed by atoms with Crippen LogP contribution >= 0.6 is 0 Å². The van der Waals surface area contributed by atoms with Gasteiger partial charge in [-0.2, -0.15) is 4.31 Å². The summed E-state index contributed by atoms with van der Waals surface area (Å²) in [4.78, 5) is 0.210. The first-order valence-electron chi connectivity index (χ1n) is 8.31. The van der Waals surface area contributed by atoms with Crippen LogP contribution in [0.4, 0.5) is 0 Å². The van der Waals surface area contributed by atoms with Gasteiger partial charge < -0.3 is 9.15 Å². The van der Waals surface area contributed by atoms with Crippen molar-refractivity contribution in [1.82, 2.24) is 4.31 Å². The molecule has 1 aliphatic heterocycles. The maximum atomic E-state index is 13.2. The lowest BCUT2D eigenvalue weighted by Crippen LogP contribution is -2.38. The lowest BCUT2D eigenvalue weighted by Gasteiger charge is -2.33. The Kier molecular flexibility index (Phi) is 4.96. The third-order valence-electron chi connectivity index (χ3n) is 4.47. The molecule has 2 aromatic rings. The van der Waals surface area contributed by atoms with Gasteiger partial charge in [-0.1, -0.05) is 25.5 Å². The molecule has 1 fully saturated rings. The predicted octanol–water partition coefficient (Wildman–Crippen LogP) is 3.77. The average molecular weight is 349 g/mol. The molecule has 24 heavy (non-hydrogen) atoms. The van der Waals surface area contributed by atoms with Gasteiger partial charge in [0.1, 0.15) is 22.2 Å². The zero-order valence-corrected chi connectivity index (χ0v) is 14.9. The Bertz CT molecular complexity index is 797. The van der Waals surface area contributed by atoms with Crippen molar-refractivity contribution in [3.05, 3.63) is 47.9 Å². The van der Waals surface area contributed by atoms with Gasteiger partial charge in [-0.25, -0.2) is 8.42 Å². The molecule has 3 rings (SSSR count). The highest BCUT2D eigenvalue weighted by molar-refractivity contribution is 7.89. The summed E-state index contributed by atoms with van der Waals surface area (Å²) in [5.41, 5.74) is 0. The molecule has 0 radical (unpaired) electrons. The highest BCUT2D eigenvalue weighted by Gasteiger charge is 2.37. The van der Waals surface area contributed by atoms with Crippen LogP contribution in [0.3, 0.4) is 0 Å². The van der Waals surface area contributed by atoms with Crippen LogP contribution in [0, 0.1) is 0 Å². The van der Waals surface area contributed by atoms with Crippen LogP contribution < -0.4 is 4.74 Å². The number of sulfonamides is 1. The second-order valence-electron chi connectivity index (χ2n) is 5.94. The number of furan rings is 1. The van der Waals surface area contributed by atoms with Gasteiger partial charge in [0.15, 0.2) is 0 Å². The van der Waals surface area contributed by atoms with Crippen LogP contribution in [-0.2, 0) is 16.4 Å². The molecule has 1 aliphatic rings. The molecule has 0 spiro atoms. The molecule has 0 amide bonds. The van der Waals surface area contributed by atoms with Crippen molar-refractivity contribution in [1.29, 1.82) is 0 Å². The molecule has 6 heteroatoms. The predicted molar refractivity (Wildman–Crippen MR) is 91.6 cm³/mol. The van der Waals surface area contributed by atoms with Crippen molar-refractivity contribution in [2.75, 3.05) is 13.7 Å². The van der Waals surface area contributed by atoms with Crippen molar-refractivity contribution in [3.63, 3.8) is 0 Å². The summed E-state index contributed by atoms with van der Waals surface area (Å²) in [6.45, 7) is 2.51. The first-order valence-corrected chi connectivity index (χ1v) is 9.75. The second kappa shape index (κ2) is 6.99. The topological polar surface area (TPSA) is 59.8 Å². The Morgan fingerprint density at radius 3 is 2.71 bits per heavy atom. The van der Waals surface area contributed by atoms with Gasteiger partial charge in [-0.15, -0.1) is 0 Å². The van der Waals surface area contributed by atoms with E-state index in [9.17, 15) is 8.42 Å². The summed E-state index contributed by atoms with van der Waals surface area (Å²) in [7, 11) is -2.16. The number of methoxy groups -OCH3 is 1. The number of nitrogens with zero attached hydrogens (tertiary/aromatic N) is 1. The number of aryl methyl sites for hydroxylation is 1. The van der Waals surface area contributed by atoms with E-state index in [-0.39, 0.29) is 10.9 Å². The maximum absolute atomic E-state index is 13.2. The monoisotopic (exact) mass is 349 g/mol. The lowest BCUT2D eigenvalue weighted by atomic mass is 10.0. The van der Waals surface area contributed by atoms with Gasteiger partial charge >= 0.3 is 0 Å². The van der Waals surface area contributed by atoms with Crippen LogP contribution in [0.15, 0.2) is 45.7 Å². The summed E-state index contributed by atoms with van der Waals surface area (Å²) in [6, 6.07) is 10.3. The molecule has 0 aliphatic carbocycles. The zero-order valence-electron chi connectivity index (χ0n) is 14.1. The average Bonchev–Trinajstić information content (AvgIpc) is 3.10. The maximum Gasteiger partial charge on any atom is 0.247 e. The van der Waals surface area contributed by atoms with E-state index in [4.69, 9.17) is 9.15 Å². The molecule has 1 aromatic carbocycles. The van der Waals surface area contributed by atoms with Crippen molar-refractivity contribution in [2.24, 2.45) is 0 Å². The summed E-state index contributed by atoms with van der Waals surface area (Å²) >= 11 is 0. The van der Waals surface area contributed by atoms with Gasteiger partial charge in [-0.05, 0) is 37.1 Å². The fraction of sp³-hybridized carbons (Fsp3) is 0.444. The van der Waals surface area contributed by atoms with Crippen LogP contribution in [0.25, 0.3) is 0 Å². The Morgan fingerprint density at radius 2 is 2.00 bits per heavy atom. The summed E-state index contributed by atoms with van der Waals surface area (Å²) in [5, 5.41) is 0. The fourth-order valence-corrected chi connectivity index (χ4v) is 5.02. The summed E-state index contributed by atoms with van der Waals surface area (Å²) in [6.07, 6.45) is 3.41. The Hall–Kier alpha value is -1.79. The van der Waals surface area contributed by atoms with Crippen molar-refractivity contribution in [3.8, 4) is 5.75 Å². The molecule has 0 unspecified atom stereocenters. The molecule has 0 saturated carbocycles. The van der Waals surface area contributed by atoms with Gasteiger partial charge in [-0.3, -0.25) is 0 Å². The van der Waals surface area contributed by atoms with Crippen molar-refractivity contribution >= 4 is 10.0 Å². The van der Waals surface area contributed by atoms with E-state index in [1.54, 1.807) is 28.6 Å². The van der Waals surface area contributed by atoms with E-state index in [1.807, 2.05) is 19.1 Å². The number of ether oxygens (including phenoxy) is 1. The largest absolute Gasteiger partial charge is 0.495 e. The van der Waals surface area contributed by atoms with Gasteiger partial charge in [0.05, 0.1) is 13.2 Å². The minimum absolute atomic E-state index is 0.210. The summed E-state index contributed by atoms with van der Waals surface area (Å²) < 4.78 is 39.1. The van der Waals surface area contributed by atoms with Crippen LogP contribution in [0.2, 0.25) is 0 Å². The van der Waals surface area contributed by atoms with Gasteiger partial charge in [0, 0.05) is 13.0 Å². The first kappa shape index (κ1) is 17.0. The Morgan fingerprint density at radius 1 is 1.21 bits per heavy atom. The second-order valence-corrected chi connectivity index (χ2v) is 7.79. The molecule has 1 atom stereocenters. The Balaban J connectivity index is 2.00. The summed E-state index contributed by atoms with van der Waals surface area (Å²) in [5.74, 6) is 1.98. The van der Waals surface area contributed by atoms with E-state index >= 15 is 0 Å². The smallest absolute Gasteiger partial charge is 0.247 e. The van der Waals surface area contributed by atoms with Crippen LogP contribution in [0.1, 0.15) is 43.7 Å². The van der Waals surface area contributed by atoms with Crippen molar-refractivity contribution in [2.45, 2.75) is 43.5 Å². The zero-order chi connectivity index (χ0) is 17.2. The highest BCUT2D eigenvalue weighted by Crippen LogP contribution is 2.38. The molecule has 130 valence electrons. The van der Waals surface area contributed by atoms with Crippen LogP contribution in [-0.4, -0.2) is 26.4 Å². The number of para-hydroxylation sites is 1. The Labute approximate surface area is 143 Å².